The van der Waals surface area contributed by atoms with Crippen LogP contribution in [-0.2, 0) is 9.54 Å². The highest BCUT2D eigenvalue weighted by Gasteiger charge is 2.36. The fourth-order valence-electron chi connectivity index (χ4n) is 2.43. The molecule has 4 heteroatoms. The Hall–Kier alpha value is -2.72. The van der Waals surface area contributed by atoms with Gasteiger partial charge < -0.3 is 9.84 Å². The van der Waals surface area contributed by atoms with E-state index in [1.165, 1.54) is 11.8 Å². The highest BCUT2D eigenvalue weighted by atomic mass is 32.2. The van der Waals surface area contributed by atoms with E-state index in [0.717, 1.165) is 4.90 Å². The van der Waals surface area contributed by atoms with E-state index in [1.54, 1.807) is 13.0 Å². The molecule has 0 aliphatic carbocycles. The van der Waals surface area contributed by atoms with E-state index in [2.05, 4.69) is 0 Å². The molecule has 0 saturated carbocycles. The summed E-state index contributed by atoms with van der Waals surface area (Å²) >= 11 is 1.31. The smallest absolute Gasteiger partial charge is 0.324 e. The summed E-state index contributed by atoms with van der Waals surface area (Å²) in [5.74, 6) is 0.440. The molecule has 0 heterocycles. The van der Waals surface area contributed by atoms with Gasteiger partial charge in [-0.3, -0.25) is 4.79 Å². The van der Waals surface area contributed by atoms with Gasteiger partial charge in [-0.15, -0.1) is 11.8 Å². The third-order valence-electron chi connectivity index (χ3n) is 3.84. The van der Waals surface area contributed by atoms with Gasteiger partial charge in [-0.2, -0.15) is 0 Å². The first-order valence-electron chi connectivity index (χ1n) is 7.89. The van der Waals surface area contributed by atoms with E-state index in [4.69, 9.17) is 4.74 Å². The van der Waals surface area contributed by atoms with Crippen LogP contribution in [0.1, 0.15) is 12.5 Å². The SMILES string of the molecule is CC(Sc1ccccc1)(C(=O)O)c1cccc(Oc2ccccc2)c1. The average Bonchev–Trinajstić information content (AvgIpc) is 2.63. The fourth-order valence-corrected chi connectivity index (χ4v) is 3.53. The van der Waals surface area contributed by atoms with Crippen molar-refractivity contribution in [3.8, 4) is 11.5 Å². The molecule has 25 heavy (non-hydrogen) atoms. The molecule has 3 aromatic carbocycles. The molecule has 0 radical (unpaired) electrons. The Balaban J connectivity index is 1.91. The lowest BCUT2D eigenvalue weighted by Gasteiger charge is -2.25. The van der Waals surface area contributed by atoms with Crippen molar-refractivity contribution in [2.45, 2.75) is 16.6 Å². The third-order valence-corrected chi connectivity index (χ3v) is 5.16. The summed E-state index contributed by atoms with van der Waals surface area (Å²) in [6, 6.07) is 26.2. The summed E-state index contributed by atoms with van der Waals surface area (Å²) in [5, 5.41) is 9.87. The Morgan fingerprint density at radius 3 is 2.12 bits per heavy atom. The van der Waals surface area contributed by atoms with Crippen molar-refractivity contribution in [2.75, 3.05) is 0 Å². The Labute approximate surface area is 151 Å². The molecule has 3 aromatic rings. The number of hydrogen-bond acceptors (Lipinski definition) is 3. The number of carboxylic acid groups (broad SMARTS) is 1. The summed E-state index contributed by atoms with van der Waals surface area (Å²) in [4.78, 5) is 12.9. The molecule has 0 saturated heterocycles. The van der Waals surface area contributed by atoms with Gasteiger partial charge in [-0.1, -0.05) is 48.5 Å². The van der Waals surface area contributed by atoms with Gasteiger partial charge in [0.2, 0.25) is 0 Å². The van der Waals surface area contributed by atoms with E-state index < -0.39 is 10.7 Å². The number of hydrogen-bond donors (Lipinski definition) is 1. The van der Waals surface area contributed by atoms with Crippen molar-refractivity contribution in [1.82, 2.24) is 0 Å². The summed E-state index contributed by atoms with van der Waals surface area (Å²) in [6.45, 7) is 1.72. The topological polar surface area (TPSA) is 46.5 Å². The maximum absolute atomic E-state index is 12.0. The molecule has 1 atom stereocenters. The molecular formula is C21H18O3S. The first kappa shape index (κ1) is 17.1. The molecule has 3 rings (SSSR count). The zero-order valence-electron chi connectivity index (χ0n) is 13.8. The molecule has 0 fully saturated rings. The monoisotopic (exact) mass is 350 g/mol. The first-order chi connectivity index (χ1) is 12.1. The fraction of sp³-hybridized carbons (Fsp3) is 0.0952. The minimum absolute atomic E-state index is 0.616. The Kier molecular flexibility index (Phi) is 5.10. The van der Waals surface area contributed by atoms with E-state index in [-0.39, 0.29) is 0 Å². The van der Waals surface area contributed by atoms with Crippen LogP contribution in [0.2, 0.25) is 0 Å². The number of rotatable bonds is 6. The summed E-state index contributed by atoms with van der Waals surface area (Å²) < 4.78 is 4.73. The summed E-state index contributed by atoms with van der Waals surface area (Å²) in [5.41, 5.74) is 0.683. The number of ether oxygens (including phenoxy) is 1. The number of carbonyl (C=O) groups is 1. The molecular weight excluding hydrogens is 332 g/mol. The number of benzene rings is 3. The minimum Gasteiger partial charge on any atom is -0.480 e. The number of para-hydroxylation sites is 1. The maximum atomic E-state index is 12.0. The van der Waals surface area contributed by atoms with Gasteiger partial charge in [0, 0.05) is 4.90 Å². The largest absolute Gasteiger partial charge is 0.480 e. The highest BCUT2D eigenvalue weighted by Crippen LogP contribution is 2.42. The van der Waals surface area contributed by atoms with Crippen molar-refractivity contribution in [3.05, 3.63) is 90.5 Å². The van der Waals surface area contributed by atoms with E-state index in [0.29, 0.717) is 17.1 Å². The van der Waals surface area contributed by atoms with Crippen molar-refractivity contribution in [3.63, 3.8) is 0 Å². The lowest BCUT2D eigenvalue weighted by atomic mass is 10.00. The van der Waals surface area contributed by atoms with Crippen LogP contribution in [0.4, 0.5) is 0 Å². The second-order valence-electron chi connectivity index (χ2n) is 5.70. The van der Waals surface area contributed by atoms with Crippen LogP contribution in [-0.4, -0.2) is 11.1 Å². The lowest BCUT2D eigenvalue weighted by Crippen LogP contribution is -2.28. The summed E-state index contributed by atoms with van der Waals surface area (Å²) in [7, 11) is 0. The van der Waals surface area contributed by atoms with Crippen LogP contribution in [0.5, 0.6) is 11.5 Å². The predicted molar refractivity (Wildman–Crippen MR) is 100 cm³/mol. The predicted octanol–water partition coefficient (Wildman–Crippen LogP) is 5.57. The van der Waals surface area contributed by atoms with Crippen molar-refractivity contribution < 1.29 is 14.6 Å². The standard InChI is InChI=1S/C21H18O3S/c1-21(20(22)23,25-19-13-6-3-7-14-19)16-9-8-12-18(15-16)24-17-10-4-2-5-11-17/h2-15H,1H3,(H,22,23). The number of carboxylic acids is 1. The Morgan fingerprint density at radius 2 is 1.48 bits per heavy atom. The van der Waals surface area contributed by atoms with Crippen molar-refractivity contribution >= 4 is 17.7 Å². The average molecular weight is 350 g/mol. The molecule has 0 aliphatic heterocycles. The van der Waals surface area contributed by atoms with Crippen LogP contribution in [0.15, 0.2) is 89.8 Å². The number of aliphatic carboxylic acids is 1. The van der Waals surface area contributed by atoms with Gasteiger partial charge in [0.05, 0.1) is 0 Å². The molecule has 0 amide bonds. The molecule has 126 valence electrons. The Morgan fingerprint density at radius 1 is 0.880 bits per heavy atom. The first-order valence-corrected chi connectivity index (χ1v) is 8.70. The molecule has 0 bridgehead atoms. The van der Waals surface area contributed by atoms with Crippen LogP contribution in [0, 0.1) is 0 Å². The zero-order valence-corrected chi connectivity index (χ0v) is 14.6. The van der Waals surface area contributed by atoms with Gasteiger partial charge in [-0.25, -0.2) is 0 Å². The minimum atomic E-state index is -1.11. The van der Waals surface area contributed by atoms with Crippen LogP contribution >= 0.6 is 11.8 Å². The van der Waals surface area contributed by atoms with Gasteiger partial charge in [-0.05, 0) is 48.9 Å². The second-order valence-corrected chi connectivity index (χ2v) is 7.19. The molecule has 0 aromatic heterocycles. The lowest BCUT2D eigenvalue weighted by molar-refractivity contribution is -0.139. The maximum Gasteiger partial charge on any atom is 0.324 e. The van der Waals surface area contributed by atoms with Gasteiger partial charge >= 0.3 is 5.97 Å². The summed E-state index contributed by atoms with van der Waals surface area (Å²) in [6.07, 6.45) is 0. The van der Waals surface area contributed by atoms with Gasteiger partial charge in [0.25, 0.3) is 0 Å². The normalized spacial score (nSPS) is 13.0. The Bertz CT molecular complexity index is 849. The van der Waals surface area contributed by atoms with Crippen molar-refractivity contribution in [2.24, 2.45) is 0 Å². The van der Waals surface area contributed by atoms with Crippen LogP contribution in [0.25, 0.3) is 0 Å². The highest BCUT2D eigenvalue weighted by molar-refractivity contribution is 8.01. The molecule has 3 nitrogen and oxygen atoms in total. The number of thioether (sulfide) groups is 1. The van der Waals surface area contributed by atoms with Crippen molar-refractivity contribution in [1.29, 1.82) is 0 Å². The molecule has 0 aliphatic rings. The van der Waals surface area contributed by atoms with Gasteiger partial charge in [0.1, 0.15) is 16.2 Å². The van der Waals surface area contributed by atoms with Gasteiger partial charge in [0.15, 0.2) is 0 Å². The van der Waals surface area contributed by atoms with Crippen LogP contribution < -0.4 is 4.74 Å². The zero-order chi connectivity index (χ0) is 17.7. The van der Waals surface area contributed by atoms with E-state index in [9.17, 15) is 9.90 Å². The molecule has 1 N–H and O–H groups in total. The second kappa shape index (κ2) is 7.45. The van der Waals surface area contributed by atoms with E-state index in [1.807, 2.05) is 78.9 Å². The third kappa shape index (κ3) is 4.03. The van der Waals surface area contributed by atoms with Crippen LogP contribution in [0.3, 0.4) is 0 Å². The molecule has 1 unspecified atom stereocenters. The quantitative estimate of drug-likeness (QED) is 0.590. The van der Waals surface area contributed by atoms with E-state index >= 15 is 0 Å². The molecule has 0 spiro atoms.